The first kappa shape index (κ1) is 32.3. The zero-order chi connectivity index (χ0) is 18.8. The van der Waals surface area contributed by atoms with Crippen molar-refractivity contribution in [2.75, 3.05) is 0 Å². The minimum Gasteiger partial charge on any atom is 4.00 e. The zero-order valence-corrected chi connectivity index (χ0v) is 23.3. The van der Waals surface area contributed by atoms with Gasteiger partial charge in [0.15, 0.2) is 0 Å². The van der Waals surface area contributed by atoms with Crippen LogP contribution in [-0.4, -0.2) is 32.5 Å². The van der Waals surface area contributed by atoms with E-state index in [0.29, 0.717) is 0 Å². The molecule has 0 aliphatic heterocycles. The van der Waals surface area contributed by atoms with Crippen LogP contribution in [0.15, 0.2) is 24.3 Å². The summed E-state index contributed by atoms with van der Waals surface area (Å²) in [5.74, 6) is 4.78. The smallest absolute Gasteiger partial charge is 4.00 e. The summed E-state index contributed by atoms with van der Waals surface area (Å²) in [6.45, 7) is 11.7. The van der Waals surface area contributed by atoms with Crippen LogP contribution in [0.2, 0.25) is 11.5 Å². The monoisotopic (exact) mass is 565 g/mol. The molecule has 3 nitrogen and oxygen atoms in total. The first-order valence-electron chi connectivity index (χ1n) is 8.96. The van der Waals surface area contributed by atoms with Gasteiger partial charge in [0.25, 0.3) is 0 Å². The molecule has 0 bridgehead atoms. The number of nitrogens with one attached hydrogen (secondary N) is 3. The van der Waals surface area contributed by atoms with E-state index >= 15 is 0 Å². The predicted molar refractivity (Wildman–Crippen MR) is 113 cm³/mol. The summed E-state index contributed by atoms with van der Waals surface area (Å²) >= 11 is -0.888. The zero-order valence-electron chi connectivity index (χ0n) is 17.2. The van der Waals surface area contributed by atoms with Crippen molar-refractivity contribution in [1.29, 1.82) is 0 Å². The molecule has 0 saturated heterocycles. The largest absolute Gasteiger partial charge is 4.00 e. The van der Waals surface area contributed by atoms with Crippen LogP contribution in [0.4, 0.5) is 0 Å². The minimum absolute atomic E-state index is 0. The Morgan fingerprint density at radius 1 is 0.750 bits per heavy atom. The molecule has 1 aromatic carbocycles. The summed E-state index contributed by atoms with van der Waals surface area (Å²) in [5.41, 5.74) is 20.5. The number of hydrogen-bond donors (Lipinski definition) is 0. The van der Waals surface area contributed by atoms with Crippen molar-refractivity contribution in [1.82, 2.24) is 0 Å². The molecule has 0 heterocycles. The van der Waals surface area contributed by atoms with Gasteiger partial charge in [-0.15, -0.1) is 18.1 Å². The molecular formula is C19H41GeHfN3. The number of hydrogen-bond acceptors (Lipinski definition) is 0. The summed E-state index contributed by atoms with van der Waals surface area (Å²) < 4.78 is 1.62. The molecule has 0 aliphatic rings. The number of rotatable bonds is 4. The molecule has 0 fully saturated rings. The van der Waals surface area contributed by atoms with Gasteiger partial charge < -0.3 is 17.2 Å². The maximum Gasteiger partial charge on any atom is 4.00 e. The van der Waals surface area contributed by atoms with Gasteiger partial charge in [-0.25, -0.2) is 0 Å². The van der Waals surface area contributed by atoms with Gasteiger partial charge in [0.2, 0.25) is 0 Å². The Balaban J connectivity index is -0.000000113. The molecule has 0 saturated carbocycles. The van der Waals surface area contributed by atoms with Gasteiger partial charge in [-0.1, -0.05) is 60.8 Å². The third kappa shape index (κ3) is 34.1. The van der Waals surface area contributed by atoms with Gasteiger partial charge in [-0.2, -0.15) is 0 Å². The second kappa shape index (κ2) is 23.6. The first-order chi connectivity index (χ1) is 10.6. The first-order valence-corrected chi connectivity index (χ1v) is 15.0. The quantitative estimate of drug-likeness (QED) is 0.293. The Morgan fingerprint density at radius 2 is 0.958 bits per heavy atom. The van der Waals surface area contributed by atoms with Crippen LogP contribution in [-0.2, 0) is 25.8 Å². The van der Waals surface area contributed by atoms with Crippen molar-refractivity contribution in [2.45, 2.75) is 90.4 Å². The third-order valence-corrected chi connectivity index (χ3v) is 6.80. The molecule has 3 unspecified atom stereocenters. The average Bonchev–Trinajstić information content (AvgIpc) is 3.03. The second-order valence-corrected chi connectivity index (χ2v) is 12.5. The normalized spacial score (nSPS) is 12.8. The van der Waals surface area contributed by atoms with Gasteiger partial charge in [0, 0.05) is 0 Å². The molecule has 3 atom stereocenters. The van der Waals surface area contributed by atoms with E-state index in [9.17, 15) is 0 Å². The van der Waals surface area contributed by atoms with Crippen LogP contribution >= 0.6 is 0 Å². The Kier molecular flexibility index (Phi) is 31.8. The molecule has 1 rings (SSSR count). The molecule has 5 heteroatoms. The van der Waals surface area contributed by atoms with Gasteiger partial charge in [-0.05, 0) is 0 Å². The van der Waals surface area contributed by atoms with Crippen molar-refractivity contribution in [2.24, 2.45) is 0 Å². The minimum atomic E-state index is -0.888. The van der Waals surface area contributed by atoms with Crippen LogP contribution in [0.1, 0.15) is 60.8 Å². The van der Waals surface area contributed by atoms with Gasteiger partial charge in [0.05, 0.1) is 0 Å². The van der Waals surface area contributed by atoms with E-state index < -0.39 is 14.3 Å². The summed E-state index contributed by atoms with van der Waals surface area (Å²) in [6, 6.07) is 9.14. The standard InChI is InChI=1S/C7H11Ge.3C4H10N.Hf/c1-8(2)7-5-3-4-6-7;3*1-3-4(2)5;/h3-6,8H,1-2H3;3*4-5H,3H2,1-2H3;/q4*-1;+4. The SMILES string of the molecule is CCC(C)[NH-].CCC(C)[NH-].CCC(C)[NH-].[CH3][GeH]([CH3])[c-]1cccc1.[Hf+4]. The van der Waals surface area contributed by atoms with Crippen LogP contribution in [0.5, 0.6) is 0 Å². The van der Waals surface area contributed by atoms with E-state index in [-0.39, 0.29) is 44.0 Å². The second-order valence-electron chi connectivity index (χ2n) is 6.30. The average molecular weight is 563 g/mol. The Bertz CT molecular complexity index is 281. The fourth-order valence-corrected chi connectivity index (χ4v) is 2.86. The van der Waals surface area contributed by atoms with Gasteiger partial charge in [0.1, 0.15) is 0 Å². The van der Waals surface area contributed by atoms with Crippen molar-refractivity contribution in [3.63, 3.8) is 0 Å². The molecule has 0 aliphatic carbocycles. The van der Waals surface area contributed by atoms with Crippen molar-refractivity contribution < 1.29 is 25.8 Å². The summed E-state index contributed by atoms with van der Waals surface area (Å²) in [7, 11) is 0. The Morgan fingerprint density at radius 3 is 1.04 bits per heavy atom. The van der Waals surface area contributed by atoms with Crippen LogP contribution in [0.3, 0.4) is 0 Å². The van der Waals surface area contributed by atoms with Crippen molar-refractivity contribution >= 4 is 18.7 Å². The molecule has 3 N–H and O–H groups in total. The molecule has 24 heavy (non-hydrogen) atoms. The van der Waals surface area contributed by atoms with Crippen LogP contribution in [0, 0.1) is 0 Å². The molecule has 0 aromatic heterocycles. The third-order valence-electron chi connectivity index (χ3n) is 3.19. The summed E-state index contributed by atoms with van der Waals surface area (Å²) in [5, 5.41) is 0. The Labute approximate surface area is 175 Å². The maximum absolute atomic E-state index is 6.83. The van der Waals surface area contributed by atoms with Gasteiger partial charge in [-0.3, -0.25) is 0 Å². The summed E-state index contributed by atoms with van der Waals surface area (Å²) in [4.78, 5) is 0. The molecular weight excluding hydrogens is 521 g/mol. The predicted octanol–water partition coefficient (Wildman–Crippen LogP) is 6.61. The molecule has 0 amide bonds. The van der Waals surface area contributed by atoms with E-state index in [1.807, 2.05) is 41.5 Å². The fraction of sp³-hybridized carbons (Fsp3) is 0.737. The topological polar surface area (TPSA) is 71.4 Å². The van der Waals surface area contributed by atoms with E-state index in [2.05, 4.69) is 35.8 Å². The van der Waals surface area contributed by atoms with Crippen molar-refractivity contribution in [3.05, 3.63) is 41.5 Å². The van der Waals surface area contributed by atoms with Crippen molar-refractivity contribution in [3.8, 4) is 0 Å². The van der Waals surface area contributed by atoms with E-state index in [1.54, 1.807) is 4.40 Å². The maximum atomic E-state index is 6.83. The molecule has 140 valence electrons. The molecule has 1 aromatic rings. The van der Waals surface area contributed by atoms with Crippen LogP contribution < -0.4 is 4.40 Å². The van der Waals surface area contributed by atoms with Gasteiger partial charge >= 0.3 is 80.4 Å². The fourth-order valence-electron chi connectivity index (χ4n) is 0.774. The van der Waals surface area contributed by atoms with Crippen LogP contribution in [0.25, 0.3) is 17.2 Å². The molecule has 0 spiro atoms. The molecule has 0 radical (unpaired) electrons. The van der Waals surface area contributed by atoms with E-state index in [0.717, 1.165) is 19.3 Å². The van der Waals surface area contributed by atoms with E-state index in [4.69, 9.17) is 17.2 Å². The Hall–Kier alpha value is 0.643. The van der Waals surface area contributed by atoms with E-state index in [1.165, 1.54) is 0 Å². The summed E-state index contributed by atoms with van der Waals surface area (Å²) in [6.07, 6.45) is 2.92.